The topological polar surface area (TPSA) is 36.4 Å². The Balaban J connectivity index is 1.29. The molecular formula is C24H27N3OS. The number of aryl methyl sites for hydroxylation is 2. The number of hydrogen-bond donors (Lipinski definition) is 0. The van der Waals surface area contributed by atoms with Gasteiger partial charge in [0.2, 0.25) is 5.91 Å². The summed E-state index contributed by atoms with van der Waals surface area (Å²) in [6.07, 6.45) is 0.389. The number of amides is 1. The van der Waals surface area contributed by atoms with Crippen molar-refractivity contribution in [1.29, 1.82) is 0 Å². The van der Waals surface area contributed by atoms with Crippen molar-refractivity contribution < 1.29 is 4.79 Å². The highest BCUT2D eigenvalue weighted by atomic mass is 32.1. The first-order valence-corrected chi connectivity index (χ1v) is 11.0. The van der Waals surface area contributed by atoms with E-state index in [-0.39, 0.29) is 5.91 Å². The molecule has 0 bridgehead atoms. The van der Waals surface area contributed by atoms with Crippen LogP contribution in [0.3, 0.4) is 0 Å². The first kappa shape index (κ1) is 19.8. The van der Waals surface area contributed by atoms with Gasteiger partial charge in [0.05, 0.1) is 12.1 Å². The van der Waals surface area contributed by atoms with Crippen LogP contribution in [0.4, 0.5) is 0 Å². The molecule has 1 saturated heterocycles. The van der Waals surface area contributed by atoms with Gasteiger partial charge in [-0.25, -0.2) is 4.98 Å². The van der Waals surface area contributed by atoms with Gasteiger partial charge >= 0.3 is 0 Å². The van der Waals surface area contributed by atoms with Gasteiger partial charge in [-0.2, -0.15) is 0 Å². The SMILES string of the molecule is Cc1ccc(-c2nc(CC(=O)N3CCN(Cc4cccc(C)c4)CC3)cs2)cc1. The fourth-order valence-electron chi connectivity index (χ4n) is 3.71. The minimum Gasteiger partial charge on any atom is -0.340 e. The standard InChI is InChI=1S/C24H27N3OS/c1-18-6-8-21(9-7-18)24-25-22(17-29-24)15-23(28)27-12-10-26(11-13-27)16-20-5-3-4-19(2)14-20/h3-9,14,17H,10-13,15-16H2,1-2H3. The average molecular weight is 406 g/mol. The highest BCUT2D eigenvalue weighted by Gasteiger charge is 2.22. The molecule has 1 amide bonds. The van der Waals surface area contributed by atoms with Crippen molar-refractivity contribution in [2.75, 3.05) is 26.2 Å². The van der Waals surface area contributed by atoms with Gasteiger partial charge in [0.15, 0.2) is 0 Å². The summed E-state index contributed by atoms with van der Waals surface area (Å²) in [7, 11) is 0. The lowest BCUT2D eigenvalue weighted by molar-refractivity contribution is -0.132. The van der Waals surface area contributed by atoms with Gasteiger partial charge < -0.3 is 4.90 Å². The van der Waals surface area contributed by atoms with Crippen LogP contribution < -0.4 is 0 Å². The van der Waals surface area contributed by atoms with Crippen molar-refractivity contribution in [3.63, 3.8) is 0 Å². The molecule has 0 spiro atoms. The van der Waals surface area contributed by atoms with Crippen LogP contribution in [0, 0.1) is 13.8 Å². The van der Waals surface area contributed by atoms with Gasteiger partial charge in [-0.3, -0.25) is 9.69 Å². The van der Waals surface area contributed by atoms with Crippen molar-refractivity contribution in [2.45, 2.75) is 26.8 Å². The number of carbonyl (C=O) groups is 1. The number of aromatic nitrogens is 1. The molecule has 0 unspecified atom stereocenters. The van der Waals surface area contributed by atoms with E-state index in [0.29, 0.717) is 6.42 Å². The summed E-state index contributed by atoms with van der Waals surface area (Å²) in [6, 6.07) is 17.0. The van der Waals surface area contributed by atoms with Crippen molar-refractivity contribution in [2.24, 2.45) is 0 Å². The van der Waals surface area contributed by atoms with Crippen molar-refractivity contribution in [3.05, 3.63) is 76.3 Å². The maximum atomic E-state index is 12.7. The number of rotatable bonds is 5. The van der Waals surface area contributed by atoms with E-state index in [0.717, 1.165) is 49.0 Å². The van der Waals surface area contributed by atoms with Crippen LogP contribution in [0.1, 0.15) is 22.4 Å². The van der Waals surface area contributed by atoms with Gasteiger partial charge in [-0.15, -0.1) is 11.3 Å². The number of nitrogens with zero attached hydrogens (tertiary/aromatic N) is 3. The molecule has 4 nitrogen and oxygen atoms in total. The Morgan fingerprint density at radius 3 is 2.48 bits per heavy atom. The third-order valence-electron chi connectivity index (χ3n) is 5.40. The molecule has 29 heavy (non-hydrogen) atoms. The summed E-state index contributed by atoms with van der Waals surface area (Å²) in [4.78, 5) is 21.8. The molecule has 0 atom stereocenters. The fraction of sp³-hybridized carbons (Fsp3) is 0.333. The molecule has 1 aliphatic rings. The van der Waals surface area contributed by atoms with Crippen LogP contribution in [0.15, 0.2) is 53.9 Å². The van der Waals surface area contributed by atoms with Crippen LogP contribution in [0.25, 0.3) is 10.6 Å². The minimum absolute atomic E-state index is 0.181. The second-order valence-electron chi connectivity index (χ2n) is 7.83. The molecule has 2 aromatic carbocycles. The molecular weight excluding hydrogens is 378 g/mol. The number of thiazole rings is 1. The average Bonchev–Trinajstić information content (AvgIpc) is 3.17. The Labute approximate surface area is 176 Å². The Bertz CT molecular complexity index is 972. The number of hydrogen-bond acceptors (Lipinski definition) is 4. The molecule has 1 fully saturated rings. The van der Waals surface area contributed by atoms with Crippen LogP contribution in [0.2, 0.25) is 0 Å². The molecule has 0 aliphatic carbocycles. The van der Waals surface area contributed by atoms with Crippen molar-refractivity contribution in [3.8, 4) is 10.6 Å². The highest BCUT2D eigenvalue weighted by Crippen LogP contribution is 2.24. The lowest BCUT2D eigenvalue weighted by Gasteiger charge is -2.34. The number of piperazine rings is 1. The first-order chi connectivity index (χ1) is 14.1. The van der Waals surface area contributed by atoms with E-state index in [2.05, 4.69) is 72.3 Å². The van der Waals surface area contributed by atoms with Crippen LogP contribution >= 0.6 is 11.3 Å². The van der Waals surface area contributed by atoms with E-state index in [9.17, 15) is 4.79 Å². The largest absolute Gasteiger partial charge is 0.340 e. The van der Waals surface area contributed by atoms with Gasteiger partial charge in [-0.05, 0) is 19.4 Å². The summed E-state index contributed by atoms with van der Waals surface area (Å²) in [5, 5.41) is 3.00. The molecule has 5 heteroatoms. The summed E-state index contributed by atoms with van der Waals surface area (Å²) in [6.45, 7) is 8.59. The Kier molecular flexibility index (Phi) is 6.07. The van der Waals surface area contributed by atoms with Gasteiger partial charge in [0.25, 0.3) is 0 Å². The monoisotopic (exact) mass is 405 g/mol. The zero-order chi connectivity index (χ0) is 20.2. The zero-order valence-corrected chi connectivity index (χ0v) is 17.9. The fourth-order valence-corrected chi connectivity index (χ4v) is 4.53. The highest BCUT2D eigenvalue weighted by molar-refractivity contribution is 7.13. The lowest BCUT2D eigenvalue weighted by Crippen LogP contribution is -2.48. The van der Waals surface area contributed by atoms with Crippen molar-refractivity contribution >= 4 is 17.2 Å². The Morgan fingerprint density at radius 2 is 1.76 bits per heavy atom. The molecule has 150 valence electrons. The van der Waals surface area contributed by atoms with Crippen molar-refractivity contribution in [1.82, 2.24) is 14.8 Å². The maximum absolute atomic E-state index is 12.7. The number of carbonyl (C=O) groups excluding carboxylic acids is 1. The Hall–Kier alpha value is -2.50. The molecule has 0 radical (unpaired) electrons. The third kappa shape index (κ3) is 5.11. The Morgan fingerprint density at radius 1 is 1.00 bits per heavy atom. The van der Waals surface area contributed by atoms with Gasteiger partial charge in [-0.1, -0.05) is 59.7 Å². The smallest absolute Gasteiger partial charge is 0.228 e. The summed E-state index contributed by atoms with van der Waals surface area (Å²) in [5.41, 5.74) is 5.87. The molecule has 1 aliphatic heterocycles. The molecule has 0 saturated carbocycles. The second-order valence-corrected chi connectivity index (χ2v) is 8.69. The zero-order valence-electron chi connectivity index (χ0n) is 17.1. The molecule has 1 aromatic heterocycles. The van der Waals surface area contributed by atoms with Gasteiger partial charge in [0, 0.05) is 43.7 Å². The molecule has 4 rings (SSSR count). The van der Waals surface area contributed by atoms with Crippen LogP contribution in [-0.4, -0.2) is 46.9 Å². The maximum Gasteiger partial charge on any atom is 0.228 e. The summed E-state index contributed by atoms with van der Waals surface area (Å²) >= 11 is 1.61. The van der Waals surface area contributed by atoms with E-state index in [1.165, 1.54) is 16.7 Å². The normalized spacial score (nSPS) is 14.9. The van der Waals surface area contributed by atoms with Crippen LogP contribution in [0.5, 0.6) is 0 Å². The van der Waals surface area contributed by atoms with E-state index in [1.807, 2.05) is 10.3 Å². The van der Waals surface area contributed by atoms with E-state index in [1.54, 1.807) is 11.3 Å². The lowest BCUT2D eigenvalue weighted by atomic mass is 10.1. The predicted octanol–water partition coefficient (Wildman–Crippen LogP) is 4.31. The van der Waals surface area contributed by atoms with E-state index in [4.69, 9.17) is 0 Å². The minimum atomic E-state index is 0.181. The first-order valence-electron chi connectivity index (χ1n) is 10.1. The summed E-state index contributed by atoms with van der Waals surface area (Å²) in [5.74, 6) is 0.181. The summed E-state index contributed by atoms with van der Waals surface area (Å²) < 4.78 is 0. The molecule has 0 N–H and O–H groups in total. The predicted molar refractivity (Wildman–Crippen MR) is 119 cm³/mol. The quantitative estimate of drug-likeness (QED) is 0.635. The van der Waals surface area contributed by atoms with E-state index < -0.39 is 0 Å². The number of benzene rings is 2. The third-order valence-corrected chi connectivity index (χ3v) is 6.34. The second kappa shape index (κ2) is 8.89. The van der Waals surface area contributed by atoms with Gasteiger partial charge in [0.1, 0.15) is 5.01 Å². The van der Waals surface area contributed by atoms with Crippen LogP contribution in [-0.2, 0) is 17.8 Å². The molecule has 3 aromatic rings. The van der Waals surface area contributed by atoms with E-state index >= 15 is 0 Å². The molecule has 2 heterocycles.